The average Bonchev–Trinajstić information content (AvgIpc) is 2.72. The summed E-state index contributed by atoms with van der Waals surface area (Å²) in [5.74, 6) is -3.69. The van der Waals surface area contributed by atoms with Crippen LogP contribution in [0.2, 0.25) is 0 Å². The molecule has 0 bridgehead atoms. The smallest absolute Gasteiger partial charge is 0.320 e. The quantitative estimate of drug-likeness (QED) is 0.230. The summed E-state index contributed by atoms with van der Waals surface area (Å²) in [5.41, 5.74) is 3.50. The van der Waals surface area contributed by atoms with Crippen molar-refractivity contribution < 1.29 is 35.1 Å². The molecule has 0 radical (unpaired) electrons. The summed E-state index contributed by atoms with van der Waals surface area (Å²) in [6.45, 7) is 0.340. The Bertz CT molecular complexity index is 423. The van der Waals surface area contributed by atoms with Gasteiger partial charge in [-0.25, -0.2) is 0 Å². The Morgan fingerprint density at radius 2 is 2.05 bits per heavy atom. The van der Waals surface area contributed by atoms with Crippen molar-refractivity contribution in [2.45, 2.75) is 48.9 Å². The lowest BCUT2D eigenvalue weighted by Crippen LogP contribution is -2.77. The topological polar surface area (TPSA) is 166 Å². The van der Waals surface area contributed by atoms with E-state index in [1.807, 2.05) is 0 Å². The minimum atomic E-state index is -1.95. The Labute approximate surface area is 127 Å². The van der Waals surface area contributed by atoms with Crippen molar-refractivity contribution in [2.24, 2.45) is 11.7 Å². The molecule has 9 heteroatoms. The molecule has 22 heavy (non-hydrogen) atoms. The highest BCUT2D eigenvalue weighted by Crippen LogP contribution is 2.51. The molecular formula is C13H24N2O7. The van der Waals surface area contributed by atoms with E-state index in [1.165, 1.54) is 0 Å². The van der Waals surface area contributed by atoms with Crippen LogP contribution in [0.3, 0.4) is 0 Å². The number of carboxylic acid groups (broad SMARTS) is 1. The van der Waals surface area contributed by atoms with E-state index in [1.54, 1.807) is 0 Å². The summed E-state index contributed by atoms with van der Waals surface area (Å²) < 4.78 is 5.17. The van der Waals surface area contributed by atoms with Gasteiger partial charge in [-0.2, -0.15) is 0 Å². The zero-order valence-corrected chi connectivity index (χ0v) is 12.2. The van der Waals surface area contributed by atoms with Crippen LogP contribution in [0, 0.1) is 5.92 Å². The molecule has 1 heterocycles. The van der Waals surface area contributed by atoms with E-state index in [0.717, 1.165) is 0 Å². The predicted molar refractivity (Wildman–Crippen MR) is 73.7 cm³/mol. The first-order chi connectivity index (χ1) is 10.2. The number of unbranched alkanes of at least 4 members (excludes halogenated alkanes) is 1. The number of nitrogens with one attached hydrogen (secondary N) is 1. The van der Waals surface area contributed by atoms with Crippen molar-refractivity contribution in [3.8, 4) is 0 Å². The second-order valence-corrected chi connectivity index (χ2v) is 6.08. The second kappa shape index (κ2) is 6.36. The summed E-state index contributed by atoms with van der Waals surface area (Å²) in [4.78, 5) is 10.5. The normalized spacial score (nSPS) is 41.8. The van der Waals surface area contributed by atoms with E-state index in [-0.39, 0.29) is 13.2 Å². The maximum atomic E-state index is 10.5. The molecule has 0 aromatic carbocycles. The fourth-order valence-corrected chi connectivity index (χ4v) is 3.12. The Kier molecular flexibility index (Phi) is 5.07. The van der Waals surface area contributed by atoms with Gasteiger partial charge in [0.15, 0.2) is 5.60 Å². The van der Waals surface area contributed by atoms with Crippen LogP contribution in [0.4, 0.5) is 0 Å². The minimum Gasteiger partial charge on any atom is -0.480 e. The third-order valence-electron chi connectivity index (χ3n) is 4.68. The van der Waals surface area contributed by atoms with Crippen LogP contribution in [-0.4, -0.2) is 80.8 Å². The number of aliphatic hydroxyl groups is 4. The summed E-state index contributed by atoms with van der Waals surface area (Å²) in [5, 5.41) is 51.5. The molecule has 8 N–H and O–H groups in total. The van der Waals surface area contributed by atoms with E-state index >= 15 is 0 Å². The largest absolute Gasteiger partial charge is 0.480 e. The van der Waals surface area contributed by atoms with Crippen LogP contribution >= 0.6 is 0 Å². The molecule has 2 rings (SSSR count). The van der Waals surface area contributed by atoms with Crippen LogP contribution in [0.25, 0.3) is 0 Å². The predicted octanol–water partition coefficient (Wildman–Crippen LogP) is -3.04. The number of ether oxygens (including phenoxy) is 1. The summed E-state index contributed by atoms with van der Waals surface area (Å²) in [6, 6.07) is -0.879. The van der Waals surface area contributed by atoms with Gasteiger partial charge in [0.25, 0.3) is 0 Å². The summed E-state index contributed by atoms with van der Waals surface area (Å²) in [7, 11) is 0. The number of nitrogens with two attached hydrogens (primary N) is 1. The van der Waals surface area contributed by atoms with Gasteiger partial charge in [-0.1, -0.05) is 6.42 Å². The Hall–Kier alpha value is -0.810. The number of carbonyl (C=O) groups is 1. The third-order valence-corrected chi connectivity index (χ3v) is 4.68. The number of hydrogen-bond donors (Lipinski definition) is 7. The highest BCUT2D eigenvalue weighted by Gasteiger charge is 2.75. The Balaban J connectivity index is 1.70. The molecule has 2 aliphatic rings. The van der Waals surface area contributed by atoms with Gasteiger partial charge < -0.3 is 41.3 Å². The monoisotopic (exact) mass is 320 g/mol. The Morgan fingerprint density at radius 3 is 2.68 bits per heavy atom. The Morgan fingerprint density at radius 1 is 1.36 bits per heavy atom. The van der Waals surface area contributed by atoms with Gasteiger partial charge in [0, 0.05) is 5.92 Å². The standard InChI is InChI=1S/C13H24N2O7/c14-8(11(18)19)3-1-2-4-15-6-12(20)13(21)7(5-22-12)9(16)10(13)17/h7-10,15-17,20-21H,1-6,14H2,(H,18,19)/t7?,8-,9?,10?,12?,13?/m0/s1. The zero-order chi connectivity index (χ0) is 16.5. The number of rotatable bonds is 8. The minimum absolute atomic E-state index is 0.0274. The van der Waals surface area contributed by atoms with Crippen molar-refractivity contribution in [3.05, 3.63) is 0 Å². The highest BCUT2D eigenvalue weighted by molar-refractivity contribution is 5.72. The highest BCUT2D eigenvalue weighted by atomic mass is 16.7. The van der Waals surface area contributed by atoms with Crippen LogP contribution < -0.4 is 11.1 Å². The number of aliphatic carboxylic acids is 1. The van der Waals surface area contributed by atoms with Crippen molar-refractivity contribution in [2.75, 3.05) is 19.7 Å². The van der Waals surface area contributed by atoms with Gasteiger partial charge in [0.2, 0.25) is 5.79 Å². The molecule has 0 aromatic heterocycles. The first kappa shape index (κ1) is 17.5. The fourth-order valence-electron chi connectivity index (χ4n) is 3.12. The van der Waals surface area contributed by atoms with Crippen LogP contribution in [0.1, 0.15) is 19.3 Å². The molecule has 5 unspecified atom stereocenters. The van der Waals surface area contributed by atoms with Crippen molar-refractivity contribution in [1.29, 1.82) is 0 Å². The lowest BCUT2D eigenvalue weighted by Gasteiger charge is -2.53. The molecule has 2 fully saturated rings. The number of carboxylic acids is 1. The van der Waals surface area contributed by atoms with Crippen molar-refractivity contribution in [3.63, 3.8) is 0 Å². The number of aliphatic hydroxyl groups excluding tert-OH is 2. The van der Waals surface area contributed by atoms with E-state index in [0.29, 0.717) is 25.8 Å². The summed E-state index contributed by atoms with van der Waals surface area (Å²) in [6.07, 6.45) is -0.941. The number of hydrogen-bond acceptors (Lipinski definition) is 8. The molecule has 1 saturated carbocycles. The number of fused-ring (bicyclic) bond motifs is 1. The lowest BCUT2D eigenvalue weighted by molar-refractivity contribution is -0.332. The van der Waals surface area contributed by atoms with Gasteiger partial charge in [-0.05, 0) is 19.4 Å². The van der Waals surface area contributed by atoms with E-state index in [4.69, 9.17) is 15.6 Å². The lowest BCUT2D eigenvalue weighted by atomic mass is 9.62. The maximum Gasteiger partial charge on any atom is 0.320 e. The first-order valence-electron chi connectivity index (χ1n) is 7.38. The molecule has 0 aromatic rings. The van der Waals surface area contributed by atoms with Gasteiger partial charge in [-0.3, -0.25) is 4.79 Å². The molecule has 1 aliphatic carbocycles. The third kappa shape index (κ3) is 2.73. The van der Waals surface area contributed by atoms with Crippen molar-refractivity contribution >= 4 is 5.97 Å². The first-order valence-corrected chi connectivity index (χ1v) is 7.38. The second-order valence-electron chi connectivity index (χ2n) is 6.08. The molecule has 0 spiro atoms. The molecule has 0 amide bonds. The van der Waals surface area contributed by atoms with E-state index in [9.17, 15) is 25.2 Å². The molecule has 1 saturated heterocycles. The summed E-state index contributed by atoms with van der Waals surface area (Å²) >= 11 is 0. The molecule has 128 valence electrons. The molecular weight excluding hydrogens is 296 g/mol. The fraction of sp³-hybridized carbons (Fsp3) is 0.923. The van der Waals surface area contributed by atoms with Gasteiger partial charge >= 0.3 is 5.97 Å². The van der Waals surface area contributed by atoms with Gasteiger partial charge in [0.05, 0.1) is 19.3 Å². The van der Waals surface area contributed by atoms with E-state index in [2.05, 4.69) is 5.32 Å². The SMILES string of the molecule is N[C@@H](CCCCNCC1(O)OCC2C(O)C(O)C21O)C(=O)O. The van der Waals surface area contributed by atoms with Crippen LogP contribution in [0.15, 0.2) is 0 Å². The molecule has 9 nitrogen and oxygen atoms in total. The molecule has 6 atom stereocenters. The van der Waals surface area contributed by atoms with Gasteiger partial charge in [-0.15, -0.1) is 0 Å². The van der Waals surface area contributed by atoms with Crippen LogP contribution in [0.5, 0.6) is 0 Å². The maximum absolute atomic E-state index is 10.5. The van der Waals surface area contributed by atoms with Crippen LogP contribution in [-0.2, 0) is 9.53 Å². The average molecular weight is 320 g/mol. The van der Waals surface area contributed by atoms with Crippen molar-refractivity contribution in [1.82, 2.24) is 5.32 Å². The van der Waals surface area contributed by atoms with Gasteiger partial charge in [0.1, 0.15) is 12.1 Å². The van der Waals surface area contributed by atoms with E-state index < -0.39 is 41.5 Å². The zero-order valence-electron chi connectivity index (χ0n) is 12.2. The molecule has 1 aliphatic heterocycles.